The van der Waals surface area contributed by atoms with Crippen molar-refractivity contribution in [1.29, 1.82) is 0 Å². The van der Waals surface area contributed by atoms with Crippen LogP contribution in [0.2, 0.25) is 0 Å². The van der Waals surface area contributed by atoms with Crippen molar-refractivity contribution >= 4 is 5.91 Å². The number of rotatable bonds is 4. The van der Waals surface area contributed by atoms with Crippen molar-refractivity contribution in [1.82, 2.24) is 10.2 Å². The van der Waals surface area contributed by atoms with Gasteiger partial charge in [0, 0.05) is 19.1 Å². The molecule has 3 rings (SSSR count). The van der Waals surface area contributed by atoms with E-state index in [4.69, 9.17) is 0 Å². The van der Waals surface area contributed by atoms with Gasteiger partial charge in [0.05, 0.1) is 6.54 Å². The molecule has 0 atom stereocenters. The molecule has 1 aliphatic carbocycles. The lowest BCUT2D eigenvalue weighted by Gasteiger charge is -2.36. The van der Waals surface area contributed by atoms with Crippen molar-refractivity contribution in [3.05, 3.63) is 35.4 Å². The normalized spacial score (nSPS) is 25.6. The third-order valence-corrected chi connectivity index (χ3v) is 4.69. The minimum atomic E-state index is 0.279. The van der Waals surface area contributed by atoms with E-state index in [1.807, 2.05) is 4.90 Å². The molecule has 1 saturated carbocycles. The van der Waals surface area contributed by atoms with Crippen LogP contribution in [0.15, 0.2) is 24.3 Å². The predicted molar refractivity (Wildman–Crippen MR) is 80.8 cm³/mol. The van der Waals surface area contributed by atoms with Crippen LogP contribution in [0, 0.1) is 6.92 Å². The van der Waals surface area contributed by atoms with Crippen molar-refractivity contribution in [3.63, 3.8) is 0 Å². The SMILES string of the molecule is Cc1ccc(C2CC(NCC(=O)N3CCCC3)C2)cc1. The molecule has 0 bridgehead atoms. The monoisotopic (exact) mass is 272 g/mol. The highest BCUT2D eigenvalue weighted by molar-refractivity contribution is 5.78. The average Bonchev–Trinajstić information content (AvgIpc) is 2.92. The quantitative estimate of drug-likeness (QED) is 0.913. The van der Waals surface area contributed by atoms with Gasteiger partial charge in [0.2, 0.25) is 5.91 Å². The first kappa shape index (κ1) is 13.6. The second-order valence-electron chi connectivity index (χ2n) is 6.24. The summed E-state index contributed by atoms with van der Waals surface area (Å²) in [5.74, 6) is 0.955. The maximum Gasteiger partial charge on any atom is 0.236 e. The molecule has 2 aliphatic rings. The van der Waals surface area contributed by atoms with Gasteiger partial charge in [-0.25, -0.2) is 0 Å². The third-order valence-electron chi connectivity index (χ3n) is 4.69. The Morgan fingerprint density at radius 3 is 2.50 bits per heavy atom. The van der Waals surface area contributed by atoms with E-state index in [0.717, 1.165) is 25.9 Å². The van der Waals surface area contributed by atoms with Gasteiger partial charge in [-0.05, 0) is 44.1 Å². The van der Waals surface area contributed by atoms with Crippen LogP contribution < -0.4 is 5.32 Å². The van der Waals surface area contributed by atoms with Crippen LogP contribution in [0.25, 0.3) is 0 Å². The number of hydrogen-bond acceptors (Lipinski definition) is 2. The molecule has 3 nitrogen and oxygen atoms in total. The van der Waals surface area contributed by atoms with Crippen LogP contribution in [0.5, 0.6) is 0 Å². The number of carbonyl (C=O) groups is 1. The van der Waals surface area contributed by atoms with Crippen LogP contribution in [-0.2, 0) is 4.79 Å². The highest BCUT2D eigenvalue weighted by Gasteiger charge is 2.30. The lowest BCUT2D eigenvalue weighted by molar-refractivity contribution is -0.129. The smallest absolute Gasteiger partial charge is 0.236 e. The molecule has 1 saturated heterocycles. The second kappa shape index (κ2) is 5.96. The first-order chi connectivity index (χ1) is 9.72. The molecule has 1 aromatic carbocycles. The molecule has 0 aromatic heterocycles. The zero-order valence-corrected chi connectivity index (χ0v) is 12.3. The molecule has 1 N–H and O–H groups in total. The summed E-state index contributed by atoms with van der Waals surface area (Å²) in [4.78, 5) is 13.9. The first-order valence-corrected chi connectivity index (χ1v) is 7.80. The Balaban J connectivity index is 1.40. The summed E-state index contributed by atoms with van der Waals surface area (Å²) in [6.45, 7) is 4.55. The number of likely N-dealkylation sites (tertiary alicyclic amines) is 1. The van der Waals surface area contributed by atoms with Crippen molar-refractivity contribution in [2.24, 2.45) is 0 Å². The summed E-state index contributed by atoms with van der Waals surface area (Å²) in [5.41, 5.74) is 2.76. The Morgan fingerprint density at radius 1 is 1.20 bits per heavy atom. The van der Waals surface area contributed by atoms with E-state index >= 15 is 0 Å². The van der Waals surface area contributed by atoms with E-state index in [0.29, 0.717) is 18.5 Å². The van der Waals surface area contributed by atoms with E-state index in [9.17, 15) is 4.79 Å². The maximum absolute atomic E-state index is 11.9. The van der Waals surface area contributed by atoms with Crippen molar-refractivity contribution in [3.8, 4) is 0 Å². The lowest BCUT2D eigenvalue weighted by atomic mass is 9.76. The molecular formula is C17H24N2O. The van der Waals surface area contributed by atoms with E-state index in [-0.39, 0.29) is 5.91 Å². The second-order valence-corrected chi connectivity index (χ2v) is 6.24. The maximum atomic E-state index is 11.9. The molecule has 1 heterocycles. The number of hydrogen-bond donors (Lipinski definition) is 1. The Bertz CT molecular complexity index is 456. The van der Waals surface area contributed by atoms with E-state index in [1.54, 1.807) is 0 Å². The molecule has 1 aliphatic heterocycles. The Hall–Kier alpha value is -1.35. The van der Waals surface area contributed by atoms with Gasteiger partial charge in [-0.2, -0.15) is 0 Å². The minimum Gasteiger partial charge on any atom is -0.342 e. The number of carbonyl (C=O) groups excluding carboxylic acids is 1. The van der Waals surface area contributed by atoms with E-state index in [1.165, 1.54) is 24.0 Å². The largest absolute Gasteiger partial charge is 0.342 e. The summed E-state index contributed by atoms with van der Waals surface area (Å²) < 4.78 is 0. The molecule has 0 spiro atoms. The molecule has 0 radical (unpaired) electrons. The fourth-order valence-corrected chi connectivity index (χ4v) is 3.21. The molecule has 1 aromatic rings. The van der Waals surface area contributed by atoms with Gasteiger partial charge in [-0.1, -0.05) is 29.8 Å². The highest BCUT2D eigenvalue weighted by atomic mass is 16.2. The molecule has 1 amide bonds. The minimum absolute atomic E-state index is 0.279. The zero-order valence-electron chi connectivity index (χ0n) is 12.3. The Morgan fingerprint density at radius 2 is 1.85 bits per heavy atom. The molecule has 108 valence electrons. The number of nitrogens with zero attached hydrogens (tertiary/aromatic N) is 1. The molecule has 2 fully saturated rings. The molecule has 0 unspecified atom stereocenters. The molecule has 20 heavy (non-hydrogen) atoms. The Kier molecular flexibility index (Phi) is 4.06. The first-order valence-electron chi connectivity index (χ1n) is 7.80. The van der Waals surface area contributed by atoms with Crippen molar-refractivity contribution < 1.29 is 4.79 Å². The number of nitrogens with one attached hydrogen (secondary N) is 1. The van der Waals surface area contributed by atoms with Crippen molar-refractivity contribution in [2.45, 2.75) is 44.6 Å². The van der Waals surface area contributed by atoms with Crippen LogP contribution in [0.4, 0.5) is 0 Å². The van der Waals surface area contributed by atoms with Gasteiger partial charge in [-0.3, -0.25) is 4.79 Å². The predicted octanol–water partition coefficient (Wildman–Crippen LogP) is 2.45. The van der Waals surface area contributed by atoms with Gasteiger partial charge in [0.25, 0.3) is 0 Å². The summed E-state index contributed by atoms with van der Waals surface area (Å²) >= 11 is 0. The number of amides is 1. The topological polar surface area (TPSA) is 32.3 Å². The summed E-state index contributed by atoms with van der Waals surface area (Å²) in [7, 11) is 0. The standard InChI is InChI=1S/C17H24N2O/c1-13-4-6-14(7-5-13)15-10-16(11-15)18-12-17(20)19-8-2-3-9-19/h4-7,15-16,18H,2-3,8-12H2,1H3. The molecular weight excluding hydrogens is 248 g/mol. The number of aryl methyl sites for hydroxylation is 1. The lowest BCUT2D eigenvalue weighted by Crippen LogP contribution is -2.45. The number of benzene rings is 1. The van der Waals surface area contributed by atoms with Crippen molar-refractivity contribution in [2.75, 3.05) is 19.6 Å². The van der Waals surface area contributed by atoms with Gasteiger partial charge >= 0.3 is 0 Å². The van der Waals surface area contributed by atoms with Crippen LogP contribution in [-0.4, -0.2) is 36.5 Å². The van der Waals surface area contributed by atoms with Crippen LogP contribution in [0.3, 0.4) is 0 Å². The van der Waals surface area contributed by atoms with E-state index < -0.39 is 0 Å². The van der Waals surface area contributed by atoms with Crippen LogP contribution in [0.1, 0.15) is 42.7 Å². The Labute approximate surface area is 121 Å². The van der Waals surface area contributed by atoms with Gasteiger partial charge in [-0.15, -0.1) is 0 Å². The van der Waals surface area contributed by atoms with Gasteiger partial charge < -0.3 is 10.2 Å². The fourth-order valence-electron chi connectivity index (χ4n) is 3.21. The average molecular weight is 272 g/mol. The fraction of sp³-hybridized carbons (Fsp3) is 0.588. The van der Waals surface area contributed by atoms with Gasteiger partial charge in [0.1, 0.15) is 0 Å². The summed E-state index contributed by atoms with van der Waals surface area (Å²) in [6, 6.07) is 9.38. The summed E-state index contributed by atoms with van der Waals surface area (Å²) in [5, 5.41) is 3.42. The molecule has 3 heteroatoms. The zero-order chi connectivity index (χ0) is 13.9. The summed E-state index contributed by atoms with van der Waals surface area (Å²) in [6.07, 6.45) is 4.67. The van der Waals surface area contributed by atoms with Gasteiger partial charge in [0.15, 0.2) is 0 Å². The highest BCUT2D eigenvalue weighted by Crippen LogP contribution is 2.36. The van der Waals surface area contributed by atoms with Crippen LogP contribution >= 0.6 is 0 Å². The third kappa shape index (κ3) is 3.04. The van der Waals surface area contributed by atoms with E-state index in [2.05, 4.69) is 36.5 Å².